The summed E-state index contributed by atoms with van der Waals surface area (Å²) in [7, 11) is 0. The average Bonchev–Trinajstić information content (AvgIpc) is 3.12. The van der Waals surface area contributed by atoms with Gasteiger partial charge in [-0.1, -0.05) is 0 Å². The Hall–Kier alpha value is 0.953. The molecule has 0 aromatic rings. The van der Waals surface area contributed by atoms with E-state index < -0.39 is 15.4 Å². The third kappa shape index (κ3) is 3.41. The maximum absolute atomic E-state index is 2.86. The average molecular weight is 594 g/mol. The molecule has 0 saturated heterocycles. The quantitative estimate of drug-likeness (QED) is 0.328. The molecule has 134 valence electrons. The number of rotatable bonds is 2. The van der Waals surface area contributed by atoms with Crippen molar-refractivity contribution in [1.29, 1.82) is 0 Å². The van der Waals surface area contributed by atoms with E-state index in [1.54, 1.807) is 12.2 Å². The monoisotopic (exact) mass is 596 g/mol. The summed E-state index contributed by atoms with van der Waals surface area (Å²) in [5, 5.41) is 0. The molecule has 4 rings (SSSR count). The Labute approximate surface area is 165 Å². The Morgan fingerprint density at radius 2 is 1.21 bits per heavy atom. The zero-order valence-corrected chi connectivity index (χ0v) is 23.2. The second kappa shape index (κ2) is 7.52. The van der Waals surface area contributed by atoms with Gasteiger partial charge >= 0.3 is 142 Å². The molecule has 4 unspecified atom stereocenters. The molecule has 0 aromatic heterocycles. The Morgan fingerprint density at radius 3 is 1.62 bits per heavy atom. The molecule has 4 heteroatoms. The molecule has 0 N–H and O–H groups in total. The molecule has 4 aliphatic rings. The first-order valence-corrected chi connectivity index (χ1v) is 35.3. The molecule has 0 amide bonds. The molecule has 0 nitrogen and oxygen atoms in total. The Kier molecular flexibility index (Phi) is 6.66. The van der Waals surface area contributed by atoms with Gasteiger partial charge in [0.1, 0.15) is 0 Å². The molecular formula is C20H32Cl2GeHf. The van der Waals surface area contributed by atoms with Gasteiger partial charge in [-0.25, -0.2) is 0 Å². The van der Waals surface area contributed by atoms with Crippen LogP contribution in [0.3, 0.4) is 0 Å². The van der Waals surface area contributed by atoms with E-state index >= 15 is 0 Å². The van der Waals surface area contributed by atoms with Crippen molar-refractivity contribution in [2.75, 3.05) is 0 Å². The van der Waals surface area contributed by atoms with Gasteiger partial charge in [0.05, 0.1) is 0 Å². The summed E-state index contributed by atoms with van der Waals surface area (Å²) in [6.45, 7) is 0. The zero-order valence-electron chi connectivity index (χ0n) is 15.0. The Morgan fingerprint density at radius 1 is 0.792 bits per heavy atom. The van der Waals surface area contributed by atoms with Crippen LogP contribution < -0.4 is 0 Å². The molecule has 0 spiro atoms. The first-order chi connectivity index (χ1) is 10.5. The molecule has 4 atom stereocenters. The minimum absolute atomic E-state index is 0. The first-order valence-electron chi connectivity index (χ1n) is 9.26. The fourth-order valence-corrected chi connectivity index (χ4v) is 41.2. The summed E-state index contributed by atoms with van der Waals surface area (Å²) in [5.74, 6) is 1.82. The number of allylic oxidation sites excluding steroid dienone is 8. The van der Waals surface area contributed by atoms with Crippen LogP contribution >= 0.6 is 24.8 Å². The molecule has 0 heterocycles. The summed E-state index contributed by atoms with van der Waals surface area (Å²) in [4.78, 5) is 0. The summed E-state index contributed by atoms with van der Waals surface area (Å²) in [6, 6.07) is 0. The van der Waals surface area contributed by atoms with Gasteiger partial charge in [-0.15, -0.1) is 24.8 Å². The van der Waals surface area contributed by atoms with Crippen LogP contribution in [0, 0.1) is 11.8 Å². The van der Waals surface area contributed by atoms with Crippen LogP contribution in [0.25, 0.3) is 0 Å². The van der Waals surface area contributed by atoms with Crippen molar-refractivity contribution in [2.24, 2.45) is 11.8 Å². The van der Waals surface area contributed by atoms with Crippen molar-refractivity contribution < 1.29 is 15.4 Å². The topological polar surface area (TPSA) is 0 Å². The standard InChI is InChI=1S/2C9H11.2CH3.2ClH.GeH2.Hf/c2*1-2-5-9-7-3-6-8(9)4-1;;;;;;/h2*1-2,4,6,9H,3,5,7H2;2*1H3;2*1H;1H2;. The minimum atomic E-state index is -2.79. The van der Waals surface area contributed by atoms with Gasteiger partial charge in [-0.2, -0.15) is 0 Å². The fourth-order valence-electron chi connectivity index (χ4n) is 6.11. The fraction of sp³-hybridized carbons (Fsp3) is 0.600. The normalized spacial score (nSPS) is 34.5. The van der Waals surface area contributed by atoms with Crippen LogP contribution in [0.4, 0.5) is 0 Å². The third-order valence-electron chi connectivity index (χ3n) is 7.33. The predicted molar refractivity (Wildman–Crippen MR) is 111 cm³/mol. The van der Waals surface area contributed by atoms with Crippen molar-refractivity contribution in [1.82, 2.24) is 0 Å². The number of fused-ring (bicyclic) bond motifs is 2. The van der Waals surface area contributed by atoms with E-state index in [1.165, 1.54) is 38.5 Å². The summed E-state index contributed by atoms with van der Waals surface area (Å²) >= 11 is -1.16. The van der Waals surface area contributed by atoms with Crippen LogP contribution in [-0.4, -0.2) is 12.2 Å². The summed E-state index contributed by atoms with van der Waals surface area (Å²) in [6.07, 6.45) is 23.2. The Balaban J connectivity index is 0.00000104. The Bertz CT molecular complexity index is 628. The van der Waals surface area contributed by atoms with Crippen molar-refractivity contribution in [3.05, 3.63) is 47.6 Å². The van der Waals surface area contributed by atoms with E-state index in [4.69, 9.17) is 0 Å². The molecule has 0 radical (unpaired) electrons. The number of hydrogen-bond acceptors (Lipinski definition) is 0. The van der Waals surface area contributed by atoms with Crippen molar-refractivity contribution >= 4 is 37.0 Å². The van der Waals surface area contributed by atoms with E-state index in [0.717, 1.165) is 19.2 Å². The molecule has 0 aliphatic heterocycles. The van der Waals surface area contributed by atoms with Gasteiger partial charge in [0.15, 0.2) is 0 Å². The molecule has 4 aliphatic carbocycles. The number of halogens is 2. The summed E-state index contributed by atoms with van der Waals surface area (Å²) < 4.78 is 7.77. The van der Waals surface area contributed by atoms with Crippen LogP contribution in [0.15, 0.2) is 47.6 Å². The van der Waals surface area contributed by atoms with E-state index in [1.807, 2.05) is 11.1 Å². The third-order valence-corrected chi connectivity index (χ3v) is 45.2. The molecule has 0 bridgehead atoms. The molecule has 24 heavy (non-hydrogen) atoms. The maximum atomic E-state index is 2.86. The summed E-state index contributed by atoms with van der Waals surface area (Å²) in [5.41, 5.74) is 3.79. The second-order valence-corrected chi connectivity index (χ2v) is 73.7. The molecule has 2 fully saturated rings. The van der Waals surface area contributed by atoms with Gasteiger partial charge < -0.3 is 0 Å². The van der Waals surface area contributed by atoms with Crippen LogP contribution in [-0.2, 0) is 15.4 Å². The second-order valence-electron chi connectivity index (χ2n) is 9.25. The number of hydrogen-bond donors (Lipinski definition) is 0. The van der Waals surface area contributed by atoms with Crippen molar-refractivity contribution in [2.45, 2.75) is 55.2 Å². The van der Waals surface area contributed by atoms with Gasteiger partial charge in [-0.05, 0) is 0 Å². The van der Waals surface area contributed by atoms with Crippen LogP contribution in [0.2, 0.25) is 16.7 Å². The van der Waals surface area contributed by atoms with Crippen LogP contribution in [0.1, 0.15) is 38.5 Å². The van der Waals surface area contributed by atoms with E-state index in [9.17, 15) is 0 Å². The molecular weight excluding hydrogens is 562 g/mol. The molecule has 2 saturated carbocycles. The zero-order chi connectivity index (χ0) is 15.4. The van der Waals surface area contributed by atoms with Crippen molar-refractivity contribution in [3.8, 4) is 0 Å². The van der Waals surface area contributed by atoms with Crippen molar-refractivity contribution in [3.63, 3.8) is 0 Å². The van der Waals surface area contributed by atoms with E-state index in [-0.39, 0.29) is 24.8 Å². The first kappa shape index (κ1) is 21.3. The molecule has 0 aromatic carbocycles. The van der Waals surface area contributed by atoms with E-state index in [2.05, 4.69) is 45.8 Å². The van der Waals surface area contributed by atoms with Gasteiger partial charge in [0.25, 0.3) is 0 Å². The SMILES string of the molecule is Cl.Cl.[CH3][Hf]([CH3])(=[GeH2])([CH]1CCC2CC=CC=C21)[CH]1CCC2CC=CC=C21. The van der Waals surface area contributed by atoms with Gasteiger partial charge in [-0.3, -0.25) is 0 Å². The van der Waals surface area contributed by atoms with E-state index in [0.29, 0.717) is 0 Å². The van der Waals surface area contributed by atoms with Gasteiger partial charge in [0.2, 0.25) is 0 Å². The predicted octanol–water partition coefficient (Wildman–Crippen LogP) is 6.33. The van der Waals surface area contributed by atoms with Gasteiger partial charge in [0, 0.05) is 0 Å². The van der Waals surface area contributed by atoms with Crippen LogP contribution in [0.5, 0.6) is 0 Å².